The predicted octanol–water partition coefficient (Wildman–Crippen LogP) is 2.61. The normalized spacial score (nSPS) is 12.9. The van der Waals surface area contributed by atoms with Crippen LogP contribution in [-0.4, -0.2) is 4.98 Å². The van der Waals surface area contributed by atoms with Crippen LogP contribution in [0.2, 0.25) is 5.02 Å². The fourth-order valence-electron chi connectivity index (χ4n) is 1.33. The Morgan fingerprint density at radius 3 is 2.93 bits per heavy atom. The minimum Gasteiger partial charge on any atom is -0.271 e. The third kappa shape index (κ3) is 2.56. The van der Waals surface area contributed by atoms with Gasteiger partial charge in [0.15, 0.2) is 0 Å². The van der Waals surface area contributed by atoms with E-state index < -0.39 is 0 Å². The summed E-state index contributed by atoms with van der Waals surface area (Å²) in [4.78, 5) is 6.31. The molecule has 2 heterocycles. The zero-order valence-corrected chi connectivity index (χ0v) is 10.2. The number of nitrogens with one attached hydrogen (secondary N) is 1. The third-order valence-electron chi connectivity index (χ3n) is 2.05. The van der Waals surface area contributed by atoms with E-state index in [2.05, 4.69) is 10.4 Å². The highest BCUT2D eigenvalue weighted by Gasteiger charge is 2.15. The number of hydrazine groups is 1. The molecule has 1 atom stereocenters. The monoisotopic (exact) mass is 259 g/mol. The molecule has 0 saturated carbocycles. The van der Waals surface area contributed by atoms with Crippen LogP contribution in [0.1, 0.15) is 15.8 Å². The maximum atomic E-state index is 6.06. The van der Waals surface area contributed by atoms with E-state index in [1.165, 1.54) is 4.88 Å². The van der Waals surface area contributed by atoms with Gasteiger partial charge in [0.2, 0.25) is 0 Å². The summed E-state index contributed by atoms with van der Waals surface area (Å²) in [6.07, 6.45) is 2.68. The van der Waals surface area contributed by atoms with Crippen molar-refractivity contribution in [1.82, 2.24) is 10.4 Å². The molecule has 80 valence electrons. The van der Waals surface area contributed by atoms with E-state index in [4.69, 9.17) is 17.4 Å². The van der Waals surface area contributed by atoms with Crippen molar-refractivity contribution in [1.29, 1.82) is 0 Å². The average molecular weight is 260 g/mol. The lowest BCUT2D eigenvalue weighted by atomic mass is 10.1. The molecule has 0 aliphatic rings. The van der Waals surface area contributed by atoms with Gasteiger partial charge in [-0.25, -0.2) is 0 Å². The fraction of sp³-hybridized carbons (Fsp3) is 0.222. The molecule has 1 unspecified atom stereocenters. The summed E-state index contributed by atoms with van der Waals surface area (Å²) in [5.74, 6) is 5.53. The number of nitrogens with two attached hydrogens (primary N) is 1. The molecular weight excluding hydrogens is 250 g/mol. The molecule has 0 radical (unpaired) electrons. The summed E-state index contributed by atoms with van der Waals surface area (Å²) in [7, 11) is 0. The summed E-state index contributed by atoms with van der Waals surface area (Å²) in [6, 6.07) is 1.96. The van der Waals surface area contributed by atoms with E-state index in [1.807, 2.05) is 23.2 Å². The van der Waals surface area contributed by atoms with Gasteiger partial charge in [0.25, 0.3) is 0 Å². The van der Waals surface area contributed by atoms with E-state index in [0.717, 1.165) is 16.3 Å². The molecule has 0 amide bonds. The van der Waals surface area contributed by atoms with Gasteiger partial charge in [-0.3, -0.25) is 16.3 Å². The molecule has 0 aromatic carbocycles. The Bertz CT molecular complexity index is 413. The van der Waals surface area contributed by atoms with Crippen LogP contribution in [0.25, 0.3) is 0 Å². The summed E-state index contributed by atoms with van der Waals surface area (Å²) in [5, 5.41) is 2.74. The maximum absolute atomic E-state index is 6.06. The number of thiophene rings is 1. The molecule has 0 spiro atoms. The van der Waals surface area contributed by atoms with Gasteiger partial charge in [0.05, 0.1) is 16.6 Å². The van der Waals surface area contributed by atoms with Crippen LogP contribution in [-0.2, 0) is 6.42 Å². The third-order valence-corrected chi connectivity index (χ3v) is 4.33. The van der Waals surface area contributed by atoms with E-state index in [0.29, 0.717) is 0 Å². The first-order chi connectivity index (χ1) is 7.31. The number of hydrogen-bond donors (Lipinski definition) is 2. The lowest BCUT2D eigenvalue weighted by molar-refractivity contribution is 0.564. The molecule has 0 aliphatic carbocycles. The summed E-state index contributed by atoms with van der Waals surface area (Å²) < 4.78 is 0. The number of aromatic nitrogens is 1. The van der Waals surface area contributed by atoms with E-state index >= 15 is 0 Å². The van der Waals surface area contributed by atoms with E-state index in [-0.39, 0.29) is 6.04 Å². The quantitative estimate of drug-likeness (QED) is 0.656. The SMILES string of the molecule is NNC(Cc1cncs1)c1sccc1Cl. The van der Waals surface area contributed by atoms with Crippen LogP contribution in [0.5, 0.6) is 0 Å². The molecule has 3 N–H and O–H groups in total. The average Bonchev–Trinajstić information content (AvgIpc) is 2.85. The first-order valence-corrected chi connectivity index (χ1v) is 6.51. The second-order valence-electron chi connectivity index (χ2n) is 3.02. The first-order valence-electron chi connectivity index (χ1n) is 4.37. The second kappa shape index (κ2) is 5.05. The van der Waals surface area contributed by atoms with E-state index in [1.54, 1.807) is 22.7 Å². The largest absolute Gasteiger partial charge is 0.271 e. The molecule has 2 aromatic rings. The summed E-state index contributed by atoms with van der Waals surface area (Å²) >= 11 is 9.29. The highest BCUT2D eigenvalue weighted by atomic mass is 35.5. The minimum atomic E-state index is 0.0675. The number of nitrogens with zero attached hydrogens (tertiary/aromatic N) is 1. The Kier molecular flexibility index (Phi) is 3.71. The first kappa shape index (κ1) is 11.0. The van der Waals surface area contributed by atoms with Crippen LogP contribution >= 0.6 is 34.3 Å². The lowest BCUT2D eigenvalue weighted by Crippen LogP contribution is -2.28. The Balaban J connectivity index is 2.15. The maximum Gasteiger partial charge on any atom is 0.0794 e. The molecule has 15 heavy (non-hydrogen) atoms. The van der Waals surface area contributed by atoms with Gasteiger partial charge in [-0.15, -0.1) is 22.7 Å². The van der Waals surface area contributed by atoms with Gasteiger partial charge >= 0.3 is 0 Å². The van der Waals surface area contributed by atoms with Gasteiger partial charge in [0.1, 0.15) is 0 Å². The molecule has 6 heteroatoms. The summed E-state index contributed by atoms with van der Waals surface area (Å²) in [5.41, 5.74) is 4.61. The van der Waals surface area contributed by atoms with Gasteiger partial charge in [-0.1, -0.05) is 11.6 Å². The van der Waals surface area contributed by atoms with Crippen LogP contribution in [0.3, 0.4) is 0 Å². The Morgan fingerprint density at radius 1 is 1.53 bits per heavy atom. The summed E-state index contributed by atoms with van der Waals surface area (Å²) in [6.45, 7) is 0. The molecule has 0 saturated heterocycles. The molecule has 2 aromatic heterocycles. The zero-order chi connectivity index (χ0) is 10.7. The second-order valence-corrected chi connectivity index (χ2v) is 5.35. The highest BCUT2D eigenvalue weighted by Crippen LogP contribution is 2.30. The number of thiazole rings is 1. The van der Waals surface area contributed by atoms with E-state index in [9.17, 15) is 0 Å². The lowest BCUT2D eigenvalue weighted by Gasteiger charge is -2.13. The van der Waals surface area contributed by atoms with Crippen molar-refractivity contribution in [3.05, 3.63) is 37.9 Å². The minimum absolute atomic E-state index is 0.0675. The topological polar surface area (TPSA) is 50.9 Å². The van der Waals surface area contributed by atoms with Gasteiger partial charge in [-0.05, 0) is 11.4 Å². The van der Waals surface area contributed by atoms with Gasteiger partial charge in [-0.2, -0.15) is 0 Å². The standard InChI is InChI=1S/C9H10ClN3S2/c10-7-1-2-14-9(7)8(13-11)3-6-4-12-5-15-6/h1-2,4-5,8,13H,3,11H2. The number of rotatable bonds is 4. The van der Waals surface area contributed by atoms with Crippen LogP contribution in [0.15, 0.2) is 23.2 Å². The Morgan fingerprint density at radius 2 is 2.40 bits per heavy atom. The van der Waals surface area contributed by atoms with Crippen molar-refractivity contribution in [3.63, 3.8) is 0 Å². The molecule has 0 bridgehead atoms. The van der Waals surface area contributed by atoms with Crippen molar-refractivity contribution in [2.75, 3.05) is 0 Å². The Labute approximate surface area is 101 Å². The molecule has 2 rings (SSSR count). The van der Waals surface area contributed by atoms with Gasteiger partial charge in [0, 0.05) is 22.4 Å². The fourth-order valence-corrected chi connectivity index (χ4v) is 3.22. The molecule has 0 aliphatic heterocycles. The van der Waals surface area contributed by atoms with Crippen molar-refractivity contribution >= 4 is 34.3 Å². The highest BCUT2D eigenvalue weighted by molar-refractivity contribution is 7.10. The molecule has 0 fully saturated rings. The van der Waals surface area contributed by atoms with Crippen LogP contribution in [0, 0.1) is 0 Å². The van der Waals surface area contributed by atoms with Gasteiger partial charge < -0.3 is 0 Å². The molecule has 3 nitrogen and oxygen atoms in total. The van der Waals surface area contributed by atoms with Crippen molar-refractivity contribution in [3.8, 4) is 0 Å². The molecular formula is C9H10ClN3S2. The van der Waals surface area contributed by atoms with Crippen LogP contribution in [0.4, 0.5) is 0 Å². The zero-order valence-electron chi connectivity index (χ0n) is 7.81. The predicted molar refractivity (Wildman–Crippen MR) is 65.2 cm³/mol. The van der Waals surface area contributed by atoms with Crippen LogP contribution < -0.4 is 11.3 Å². The number of hydrogen-bond acceptors (Lipinski definition) is 5. The Hall–Kier alpha value is -0.460. The van der Waals surface area contributed by atoms with Crippen molar-refractivity contribution in [2.45, 2.75) is 12.5 Å². The smallest absolute Gasteiger partial charge is 0.0794 e. The number of halogens is 1. The van der Waals surface area contributed by atoms with Crippen molar-refractivity contribution < 1.29 is 0 Å². The van der Waals surface area contributed by atoms with Crippen molar-refractivity contribution in [2.24, 2.45) is 5.84 Å².